The highest BCUT2D eigenvalue weighted by Gasteiger charge is 2.14. The van der Waals surface area contributed by atoms with Crippen LogP contribution in [0.25, 0.3) is 0 Å². The van der Waals surface area contributed by atoms with Gasteiger partial charge in [-0.05, 0) is 37.6 Å². The van der Waals surface area contributed by atoms with Crippen molar-refractivity contribution in [2.45, 2.75) is 20.4 Å². The Morgan fingerprint density at radius 3 is 2.68 bits per heavy atom. The maximum atomic E-state index is 11.9. The van der Waals surface area contributed by atoms with E-state index in [1.807, 2.05) is 26.0 Å². The number of hydrogen-bond acceptors (Lipinski definition) is 4. The second-order valence-electron chi connectivity index (χ2n) is 4.81. The number of amides is 1. The zero-order chi connectivity index (χ0) is 16.1. The summed E-state index contributed by atoms with van der Waals surface area (Å²) in [4.78, 5) is 25.5. The Morgan fingerprint density at radius 1 is 1.27 bits per heavy atom. The molecule has 0 aliphatic carbocycles. The van der Waals surface area contributed by atoms with Gasteiger partial charge in [0.25, 0.3) is 5.91 Å². The Balaban J connectivity index is 1.80. The van der Waals surface area contributed by atoms with Gasteiger partial charge in [-0.2, -0.15) is 0 Å². The van der Waals surface area contributed by atoms with Crippen LogP contribution in [-0.2, 0) is 16.1 Å². The van der Waals surface area contributed by atoms with Crippen LogP contribution >= 0.6 is 22.9 Å². The zero-order valence-electron chi connectivity index (χ0n) is 12.3. The fraction of sp³-hybridized carbons (Fsp3) is 0.250. The lowest BCUT2D eigenvalue weighted by Gasteiger charge is -2.07. The molecule has 1 aromatic heterocycles. The molecule has 0 aliphatic heterocycles. The number of benzene rings is 1. The molecule has 0 spiro atoms. The third-order valence-electron chi connectivity index (χ3n) is 2.97. The number of halogens is 1. The Labute approximate surface area is 138 Å². The third-order valence-corrected chi connectivity index (χ3v) is 4.17. The topological polar surface area (TPSA) is 55.4 Å². The van der Waals surface area contributed by atoms with Crippen molar-refractivity contribution in [2.24, 2.45) is 0 Å². The highest BCUT2D eigenvalue weighted by Crippen LogP contribution is 2.21. The molecule has 116 valence electrons. The van der Waals surface area contributed by atoms with Gasteiger partial charge in [0, 0.05) is 21.3 Å². The third kappa shape index (κ3) is 4.58. The molecule has 0 saturated carbocycles. The van der Waals surface area contributed by atoms with Crippen molar-refractivity contribution in [3.8, 4) is 0 Å². The molecule has 0 fully saturated rings. The smallest absolute Gasteiger partial charge is 0.339 e. The Kier molecular flexibility index (Phi) is 5.57. The molecule has 6 heteroatoms. The summed E-state index contributed by atoms with van der Waals surface area (Å²) in [7, 11) is 0. The van der Waals surface area contributed by atoms with Crippen molar-refractivity contribution >= 4 is 34.8 Å². The van der Waals surface area contributed by atoms with E-state index >= 15 is 0 Å². The SMILES string of the molecule is Cc1cc(C(=O)OCC(=O)NCc2cccc(Cl)c2)c(C)s1. The molecule has 0 aliphatic rings. The lowest BCUT2D eigenvalue weighted by molar-refractivity contribution is -0.124. The molecule has 22 heavy (non-hydrogen) atoms. The predicted molar refractivity (Wildman–Crippen MR) is 87.4 cm³/mol. The van der Waals surface area contributed by atoms with Gasteiger partial charge in [-0.3, -0.25) is 4.79 Å². The van der Waals surface area contributed by atoms with E-state index in [0.717, 1.165) is 15.3 Å². The first-order valence-electron chi connectivity index (χ1n) is 6.71. The largest absolute Gasteiger partial charge is 0.452 e. The Hall–Kier alpha value is -1.85. The number of hydrogen-bond donors (Lipinski definition) is 1. The summed E-state index contributed by atoms with van der Waals surface area (Å²) in [6, 6.07) is 8.97. The van der Waals surface area contributed by atoms with Crippen molar-refractivity contribution in [3.63, 3.8) is 0 Å². The van der Waals surface area contributed by atoms with Crippen LogP contribution in [0.4, 0.5) is 0 Å². The number of aryl methyl sites for hydroxylation is 2. The van der Waals surface area contributed by atoms with Gasteiger partial charge >= 0.3 is 5.97 Å². The molecule has 1 amide bonds. The van der Waals surface area contributed by atoms with E-state index in [2.05, 4.69) is 5.32 Å². The minimum Gasteiger partial charge on any atom is -0.452 e. The van der Waals surface area contributed by atoms with Gasteiger partial charge < -0.3 is 10.1 Å². The fourth-order valence-electron chi connectivity index (χ4n) is 1.94. The fourth-order valence-corrected chi connectivity index (χ4v) is 3.07. The quantitative estimate of drug-likeness (QED) is 0.850. The first-order chi connectivity index (χ1) is 10.5. The normalized spacial score (nSPS) is 10.3. The summed E-state index contributed by atoms with van der Waals surface area (Å²) in [5.74, 6) is -0.822. The summed E-state index contributed by atoms with van der Waals surface area (Å²) in [6.45, 7) is 3.82. The number of carbonyl (C=O) groups excluding carboxylic acids is 2. The number of esters is 1. The summed E-state index contributed by atoms with van der Waals surface area (Å²) >= 11 is 7.39. The maximum absolute atomic E-state index is 11.9. The molecular weight excluding hydrogens is 322 g/mol. The van der Waals surface area contributed by atoms with Crippen molar-refractivity contribution in [1.82, 2.24) is 5.32 Å². The molecule has 0 saturated heterocycles. The van der Waals surface area contributed by atoms with Crippen LogP contribution in [0.1, 0.15) is 25.7 Å². The standard InChI is InChI=1S/C16H16ClNO3S/c1-10-6-14(11(2)22-10)16(20)21-9-15(19)18-8-12-4-3-5-13(17)7-12/h3-7H,8-9H2,1-2H3,(H,18,19). The van der Waals surface area contributed by atoms with Crippen LogP contribution in [0, 0.1) is 13.8 Å². The lowest BCUT2D eigenvalue weighted by atomic mass is 10.2. The van der Waals surface area contributed by atoms with Crippen molar-refractivity contribution < 1.29 is 14.3 Å². The Morgan fingerprint density at radius 2 is 2.05 bits per heavy atom. The summed E-state index contributed by atoms with van der Waals surface area (Å²) in [5.41, 5.74) is 1.40. The molecule has 0 radical (unpaired) electrons. The van der Waals surface area contributed by atoms with Crippen LogP contribution in [-0.4, -0.2) is 18.5 Å². The number of carbonyl (C=O) groups is 2. The molecule has 1 N–H and O–H groups in total. The maximum Gasteiger partial charge on any atom is 0.339 e. The van der Waals surface area contributed by atoms with E-state index in [-0.39, 0.29) is 12.5 Å². The van der Waals surface area contributed by atoms with Gasteiger partial charge in [-0.15, -0.1) is 11.3 Å². The van der Waals surface area contributed by atoms with E-state index in [4.69, 9.17) is 16.3 Å². The highest BCUT2D eigenvalue weighted by atomic mass is 35.5. The number of ether oxygens (including phenoxy) is 1. The Bertz CT molecular complexity index is 696. The molecular formula is C16H16ClNO3S. The molecule has 0 bridgehead atoms. The number of nitrogens with one attached hydrogen (secondary N) is 1. The second kappa shape index (κ2) is 7.42. The van der Waals surface area contributed by atoms with Gasteiger partial charge in [0.2, 0.25) is 0 Å². The minimum atomic E-state index is -0.472. The summed E-state index contributed by atoms with van der Waals surface area (Å²) in [6.07, 6.45) is 0. The predicted octanol–water partition coefficient (Wildman–Crippen LogP) is 3.49. The average Bonchev–Trinajstić information content (AvgIpc) is 2.81. The molecule has 1 heterocycles. The van der Waals surface area contributed by atoms with Gasteiger partial charge in [0.15, 0.2) is 6.61 Å². The van der Waals surface area contributed by atoms with Crippen LogP contribution in [0.15, 0.2) is 30.3 Å². The molecule has 4 nitrogen and oxygen atoms in total. The number of rotatable bonds is 5. The van der Waals surface area contributed by atoms with E-state index in [1.165, 1.54) is 11.3 Å². The van der Waals surface area contributed by atoms with Crippen LogP contribution in [0.3, 0.4) is 0 Å². The van der Waals surface area contributed by atoms with Crippen molar-refractivity contribution in [3.05, 3.63) is 56.2 Å². The van der Waals surface area contributed by atoms with Crippen molar-refractivity contribution in [2.75, 3.05) is 6.61 Å². The van der Waals surface area contributed by atoms with Crippen LogP contribution in [0.5, 0.6) is 0 Å². The molecule has 0 unspecified atom stereocenters. The first-order valence-corrected chi connectivity index (χ1v) is 7.90. The summed E-state index contributed by atoms with van der Waals surface area (Å²) in [5, 5.41) is 3.29. The highest BCUT2D eigenvalue weighted by molar-refractivity contribution is 7.12. The van der Waals surface area contributed by atoms with E-state index in [0.29, 0.717) is 17.1 Å². The summed E-state index contributed by atoms with van der Waals surface area (Å²) < 4.78 is 5.03. The number of thiophene rings is 1. The minimum absolute atomic E-state index is 0.298. The first kappa shape index (κ1) is 16.5. The van der Waals surface area contributed by atoms with E-state index in [9.17, 15) is 9.59 Å². The van der Waals surface area contributed by atoms with Gasteiger partial charge in [-0.25, -0.2) is 4.79 Å². The van der Waals surface area contributed by atoms with E-state index < -0.39 is 5.97 Å². The second-order valence-corrected chi connectivity index (χ2v) is 6.71. The lowest BCUT2D eigenvalue weighted by Crippen LogP contribution is -2.28. The monoisotopic (exact) mass is 337 g/mol. The average molecular weight is 338 g/mol. The van der Waals surface area contributed by atoms with Crippen molar-refractivity contribution in [1.29, 1.82) is 0 Å². The van der Waals surface area contributed by atoms with Gasteiger partial charge in [0.1, 0.15) is 0 Å². The van der Waals surface area contributed by atoms with Gasteiger partial charge in [0.05, 0.1) is 5.56 Å². The molecule has 0 atom stereocenters. The van der Waals surface area contributed by atoms with Crippen LogP contribution in [0.2, 0.25) is 5.02 Å². The van der Waals surface area contributed by atoms with E-state index in [1.54, 1.807) is 18.2 Å². The molecule has 2 aromatic rings. The molecule has 2 rings (SSSR count). The zero-order valence-corrected chi connectivity index (χ0v) is 13.9. The molecule has 1 aromatic carbocycles. The van der Waals surface area contributed by atoms with Crippen LogP contribution < -0.4 is 5.32 Å². The van der Waals surface area contributed by atoms with Gasteiger partial charge in [-0.1, -0.05) is 23.7 Å².